The maximum atomic E-state index is 9.53. The van der Waals surface area contributed by atoms with Crippen molar-refractivity contribution in [2.45, 2.75) is 42.7 Å². The lowest BCUT2D eigenvalue weighted by molar-refractivity contribution is -0.239. The van der Waals surface area contributed by atoms with Crippen molar-refractivity contribution in [2.75, 3.05) is 13.2 Å². The van der Waals surface area contributed by atoms with E-state index in [9.17, 15) is 25.5 Å². The second-order valence-corrected chi connectivity index (χ2v) is 4.09. The number of ether oxygens (including phenoxy) is 1. The Balaban J connectivity index is 2.63. The van der Waals surface area contributed by atoms with Crippen LogP contribution in [0, 0.1) is 0 Å². The molecule has 102 valence electrons. The maximum absolute atomic E-state index is 9.53. The largest absolute Gasteiger partial charge is 0.394 e. The number of hydrogen-bond acceptors (Lipinski definition) is 8. The third-order valence-corrected chi connectivity index (χ3v) is 2.76. The summed E-state index contributed by atoms with van der Waals surface area (Å²) >= 11 is 0. The first kappa shape index (κ1) is 14.7. The molecule has 0 aromatic carbocycles. The average Bonchev–Trinajstić information content (AvgIpc) is 2.33. The van der Waals surface area contributed by atoms with Crippen LogP contribution >= 0.6 is 0 Å². The molecule has 0 spiro atoms. The summed E-state index contributed by atoms with van der Waals surface area (Å²) in [5.74, 6) is 0. The molecule has 8 heteroatoms. The van der Waals surface area contributed by atoms with Gasteiger partial charge in [0.1, 0.15) is 42.7 Å². The molecule has 1 aliphatic carbocycles. The van der Waals surface area contributed by atoms with Crippen molar-refractivity contribution in [3.05, 3.63) is 0 Å². The molecule has 0 saturated heterocycles. The molecule has 0 amide bonds. The van der Waals surface area contributed by atoms with Gasteiger partial charge in [-0.15, -0.1) is 0 Å². The second-order valence-electron chi connectivity index (χ2n) is 4.09. The number of rotatable bonds is 4. The number of hydrogen-bond donors (Lipinski definition) is 7. The smallest absolute Gasteiger partial charge is 0.115 e. The van der Waals surface area contributed by atoms with Crippen LogP contribution in [0.4, 0.5) is 0 Å². The Morgan fingerprint density at radius 2 is 1.24 bits per heavy atom. The Morgan fingerprint density at radius 3 is 1.65 bits per heavy atom. The molecular weight excluding hydrogens is 236 g/mol. The summed E-state index contributed by atoms with van der Waals surface area (Å²) in [6, 6.07) is 0. The number of aliphatic hydroxyl groups is 7. The fourth-order valence-corrected chi connectivity index (χ4v) is 1.67. The summed E-state index contributed by atoms with van der Waals surface area (Å²) in [6.07, 6.45) is -10.8. The fraction of sp³-hybridized carbons (Fsp3) is 1.00. The maximum Gasteiger partial charge on any atom is 0.115 e. The van der Waals surface area contributed by atoms with E-state index in [1.54, 1.807) is 0 Å². The van der Waals surface area contributed by atoms with Gasteiger partial charge >= 0.3 is 0 Å². The first-order chi connectivity index (χ1) is 7.90. The van der Waals surface area contributed by atoms with E-state index >= 15 is 0 Å². The van der Waals surface area contributed by atoms with E-state index in [2.05, 4.69) is 0 Å². The summed E-state index contributed by atoms with van der Waals surface area (Å²) in [7, 11) is 0. The van der Waals surface area contributed by atoms with Gasteiger partial charge in [-0.3, -0.25) is 0 Å². The van der Waals surface area contributed by atoms with E-state index in [0.717, 1.165) is 0 Å². The zero-order valence-corrected chi connectivity index (χ0v) is 8.99. The second kappa shape index (κ2) is 6.03. The molecule has 0 aromatic heterocycles. The van der Waals surface area contributed by atoms with E-state index in [4.69, 9.17) is 14.9 Å². The first-order valence-corrected chi connectivity index (χ1v) is 5.21. The molecule has 17 heavy (non-hydrogen) atoms. The molecule has 8 nitrogen and oxygen atoms in total. The van der Waals surface area contributed by atoms with Gasteiger partial charge in [0.25, 0.3) is 0 Å². The highest BCUT2D eigenvalue weighted by Crippen LogP contribution is 2.23. The molecule has 1 fully saturated rings. The van der Waals surface area contributed by atoms with Crippen molar-refractivity contribution in [1.82, 2.24) is 0 Å². The molecule has 0 aliphatic heterocycles. The normalized spacial score (nSPS) is 44.6. The molecule has 5 unspecified atom stereocenters. The lowest BCUT2D eigenvalue weighted by Gasteiger charge is -2.41. The van der Waals surface area contributed by atoms with Gasteiger partial charge in [-0.2, -0.15) is 0 Å². The van der Waals surface area contributed by atoms with Crippen molar-refractivity contribution >= 4 is 0 Å². The highest BCUT2D eigenvalue weighted by atomic mass is 16.5. The predicted molar refractivity (Wildman–Crippen MR) is 52.9 cm³/mol. The van der Waals surface area contributed by atoms with Crippen LogP contribution in [0.2, 0.25) is 0 Å². The van der Waals surface area contributed by atoms with Gasteiger partial charge in [0, 0.05) is 0 Å². The van der Waals surface area contributed by atoms with Crippen LogP contribution < -0.4 is 0 Å². The molecule has 0 heterocycles. The van der Waals surface area contributed by atoms with Crippen LogP contribution in [0.5, 0.6) is 0 Å². The highest BCUT2D eigenvalue weighted by molar-refractivity contribution is 4.99. The zero-order chi connectivity index (χ0) is 13.2. The SMILES string of the molecule is OCC(O)COC1C(O)C(O)C(O)C(O)C1O. The van der Waals surface area contributed by atoms with Gasteiger partial charge in [-0.25, -0.2) is 0 Å². The Bertz CT molecular complexity index is 221. The monoisotopic (exact) mass is 254 g/mol. The highest BCUT2D eigenvalue weighted by Gasteiger charge is 2.48. The lowest BCUT2D eigenvalue weighted by atomic mass is 9.85. The van der Waals surface area contributed by atoms with E-state index in [0.29, 0.717) is 0 Å². The molecule has 0 bridgehead atoms. The van der Waals surface area contributed by atoms with Crippen molar-refractivity contribution in [1.29, 1.82) is 0 Å². The third-order valence-electron chi connectivity index (χ3n) is 2.76. The van der Waals surface area contributed by atoms with E-state index in [1.165, 1.54) is 0 Å². The van der Waals surface area contributed by atoms with Crippen LogP contribution in [0.3, 0.4) is 0 Å². The van der Waals surface area contributed by atoms with Gasteiger partial charge < -0.3 is 40.5 Å². The van der Waals surface area contributed by atoms with Crippen molar-refractivity contribution in [3.63, 3.8) is 0 Å². The Kier molecular flexibility index (Phi) is 5.22. The van der Waals surface area contributed by atoms with Crippen LogP contribution in [0.1, 0.15) is 0 Å². The summed E-state index contributed by atoms with van der Waals surface area (Å²) < 4.78 is 4.91. The summed E-state index contributed by atoms with van der Waals surface area (Å²) in [6.45, 7) is -0.947. The molecule has 5 atom stereocenters. The minimum atomic E-state index is -1.68. The molecule has 1 saturated carbocycles. The Hall–Kier alpha value is -0.320. The van der Waals surface area contributed by atoms with Gasteiger partial charge in [0.2, 0.25) is 0 Å². The van der Waals surface area contributed by atoms with E-state index in [-0.39, 0.29) is 6.61 Å². The first-order valence-electron chi connectivity index (χ1n) is 5.21. The topological polar surface area (TPSA) is 151 Å². The summed E-state index contributed by atoms with van der Waals surface area (Å²) in [5.41, 5.74) is 0. The van der Waals surface area contributed by atoms with E-state index in [1.807, 2.05) is 0 Å². The van der Waals surface area contributed by atoms with Gasteiger partial charge in [0.15, 0.2) is 0 Å². The van der Waals surface area contributed by atoms with E-state index < -0.39 is 49.3 Å². The van der Waals surface area contributed by atoms with Gasteiger partial charge in [-0.05, 0) is 0 Å². The molecule has 1 aliphatic rings. The predicted octanol–water partition coefficient (Wildman–Crippen LogP) is -4.46. The summed E-state index contributed by atoms with van der Waals surface area (Å²) in [5, 5.41) is 64.6. The Labute approximate surface area is 97.3 Å². The quantitative estimate of drug-likeness (QED) is 0.265. The average molecular weight is 254 g/mol. The summed E-state index contributed by atoms with van der Waals surface area (Å²) in [4.78, 5) is 0. The molecule has 1 rings (SSSR count). The molecule has 0 aromatic rings. The zero-order valence-electron chi connectivity index (χ0n) is 8.99. The van der Waals surface area contributed by atoms with Crippen LogP contribution in [-0.2, 0) is 4.74 Å². The third kappa shape index (κ3) is 3.12. The van der Waals surface area contributed by atoms with Crippen molar-refractivity contribution < 1.29 is 40.5 Å². The van der Waals surface area contributed by atoms with Crippen molar-refractivity contribution in [2.24, 2.45) is 0 Å². The molecule has 0 radical (unpaired) electrons. The van der Waals surface area contributed by atoms with Crippen LogP contribution in [0.15, 0.2) is 0 Å². The molecular formula is C9H18O8. The minimum Gasteiger partial charge on any atom is -0.394 e. The van der Waals surface area contributed by atoms with Gasteiger partial charge in [-0.1, -0.05) is 0 Å². The fourth-order valence-electron chi connectivity index (χ4n) is 1.67. The van der Waals surface area contributed by atoms with Crippen LogP contribution in [0.25, 0.3) is 0 Å². The lowest BCUT2D eigenvalue weighted by Crippen LogP contribution is -2.64. The minimum absolute atomic E-state index is 0.384. The number of aliphatic hydroxyl groups excluding tert-OH is 7. The standard InChI is InChI=1S/C9H18O8/c10-1-3(11)2-17-9-7(15)5(13)4(12)6(14)8(9)16/h3-16H,1-2H2. The Morgan fingerprint density at radius 1 is 0.824 bits per heavy atom. The van der Waals surface area contributed by atoms with Gasteiger partial charge in [0.05, 0.1) is 13.2 Å². The van der Waals surface area contributed by atoms with Crippen LogP contribution in [-0.4, -0.2) is 91.7 Å². The molecule has 7 N–H and O–H groups in total. The van der Waals surface area contributed by atoms with Crippen molar-refractivity contribution in [3.8, 4) is 0 Å².